The van der Waals surface area contributed by atoms with Gasteiger partial charge in [-0.2, -0.15) is 29.9 Å². The Hall–Kier alpha value is -2.40. The standard InChI is InChI=1S/C42H76N14O4S2/c1-35(2)17-25(18-36(3,4)53(35)57)43-29-47-30(44-26-19-37(5,6)54(58)38(7,8)20-26)50-33(49-29)61-62-34-51-31(45-27-21-39(9,10)55(59)40(11,12)22-27)48-32(52-34)46-28-23-41(13,14)56(60)42(15,16)24-28/h25-28,57-60H,17-24H2,1-16H3,(H2,43,44,47,49,50)(H2,45,46,48,51,52)/p+4. The quantitative estimate of drug-likeness (QED) is 0.169. The molecule has 20 heteroatoms. The first-order valence-electron chi connectivity index (χ1n) is 22.2. The molecule has 350 valence electrons. The van der Waals surface area contributed by atoms with E-state index in [4.69, 9.17) is 50.7 Å². The normalized spacial score (nSPS) is 26.8. The van der Waals surface area contributed by atoms with E-state index in [1.807, 2.05) is 0 Å². The van der Waals surface area contributed by atoms with Gasteiger partial charge in [0.25, 0.3) is 0 Å². The molecule has 6 heterocycles. The van der Waals surface area contributed by atoms with E-state index in [0.29, 0.717) is 34.1 Å². The molecule has 4 aliphatic heterocycles. The molecule has 0 saturated carbocycles. The van der Waals surface area contributed by atoms with Crippen LogP contribution < -0.4 is 21.3 Å². The summed E-state index contributed by atoms with van der Waals surface area (Å²) in [5.74, 6) is 1.87. The van der Waals surface area contributed by atoms with Gasteiger partial charge in [-0.05, 0) is 184 Å². The molecular weight excluding hydrogens is 829 g/mol. The van der Waals surface area contributed by atoms with Crippen molar-refractivity contribution in [2.75, 3.05) is 21.3 Å². The minimum atomic E-state index is -0.355. The first kappa shape index (κ1) is 49.0. The molecule has 0 spiro atoms. The van der Waals surface area contributed by atoms with Crippen molar-refractivity contribution in [3.63, 3.8) is 0 Å². The Morgan fingerprint density at radius 3 is 0.661 bits per heavy atom. The van der Waals surface area contributed by atoms with Gasteiger partial charge in [-0.1, -0.05) is 20.3 Å². The second-order valence-electron chi connectivity index (χ2n) is 23.5. The van der Waals surface area contributed by atoms with Gasteiger partial charge in [-0.15, -0.1) is 0 Å². The molecule has 4 saturated heterocycles. The third kappa shape index (κ3) is 10.8. The molecule has 0 aromatic carbocycles. The van der Waals surface area contributed by atoms with Gasteiger partial charge in [-0.3, -0.25) is 0 Å². The highest BCUT2D eigenvalue weighted by Crippen LogP contribution is 2.43. The molecule has 0 bridgehead atoms. The Bertz CT molecular complexity index is 1600. The smallest absolute Gasteiger partial charge is 0.228 e. The number of rotatable bonds is 11. The van der Waals surface area contributed by atoms with Crippen molar-refractivity contribution in [1.82, 2.24) is 50.2 Å². The summed E-state index contributed by atoms with van der Waals surface area (Å²) in [4.78, 5) is 29.7. The molecule has 12 N–H and O–H groups in total. The molecule has 4 fully saturated rings. The fourth-order valence-electron chi connectivity index (χ4n) is 11.4. The number of nitrogens with one attached hydrogen (secondary N) is 4. The second-order valence-corrected chi connectivity index (χ2v) is 25.6. The SMILES string of the molecule is CC1(C)CC(Nc2nc(NC3CC(C)(C)N([OH2+])C(C)(C)C3)nc(SSc3nc(NC4CC(C)(C)N([OH2+])C(C)(C)C4)nc(NC4CC(C)(C)N([OH2+])C(C)(C)C4)n3)n2)CC(C)(C)N1[OH2+]. The second kappa shape index (κ2) is 16.8. The summed E-state index contributed by atoms with van der Waals surface area (Å²) in [6.45, 7) is 33.7. The van der Waals surface area contributed by atoms with E-state index in [1.165, 1.54) is 21.6 Å². The molecular formula is C42H80N14O4S2+4. The fourth-order valence-corrected chi connectivity index (χ4v) is 12.9. The molecule has 0 unspecified atom stereocenters. The topological polar surface area (TPSA) is 230 Å². The lowest BCUT2D eigenvalue weighted by Gasteiger charge is -2.48. The molecule has 4 aliphatic rings. The Morgan fingerprint density at radius 1 is 0.339 bits per heavy atom. The molecule has 18 nitrogen and oxygen atoms in total. The molecule has 62 heavy (non-hydrogen) atoms. The molecule has 2 aromatic rings. The molecule has 0 radical (unpaired) electrons. The van der Waals surface area contributed by atoms with E-state index < -0.39 is 0 Å². The zero-order valence-corrected chi connectivity index (χ0v) is 41.9. The Balaban J connectivity index is 1.31. The monoisotopic (exact) mass is 909 g/mol. The Kier molecular flexibility index (Phi) is 13.3. The van der Waals surface area contributed by atoms with E-state index in [0.717, 1.165) is 51.4 Å². The average molecular weight is 909 g/mol. The van der Waals surface area contributed by atoms with Crippen LogP contribution in [0.1, 0.15) is 162 Å². The van der Waals surface area contributed by atoms with Gasteiger partial charge >= 0.3 is 0 Å². The summed E-state index contributed by atoms with van der Waals surface area (Å²) in [6, 6.07) is 0.135. The number of hydroxylamine groups is 8. The highest BCUT2D eigenvalue weighted by molar-refractivity contribution is 8.76. The van der Waals surface area contributed by atoms with Crippen LogP contribution in [0.15, 0.2) is 10.3 Å². The number of hydrogen-bond donors (Lipinski definition) is 4. The van der Waals surface area contributed by atoms with Crippen LogP contribution in [0.4, 0.5) is 23.8 Å². The number of piperidine rings is 4. The lowest BCUT2D eigenvalue weighted by molar-refractivity contribution is -0.243. The van der Waals surface area contributed by atoms with E-state index in [2.05, 4.69) is 132 Å². The molecule has 0 amide bonds. The third-order valence-electron chi connectivity index (χ3n) is 13.6. The van der Waals surface area contributed by atoms with Crippen LogP contribution in [-0.4, -0.2) is 139 Å². The predicted octanol–water partition coefficient (Wildman–Crippen LogP) is 5.15. The van der Waals surface area contributed by atoms with Gasteiger partial charge in [0.05, 0.1) is 44.3 Å². The first-order valence-corrected chi connectivity index (χ1v) is 24.3. The molecule has 0 aliphatic carbocycles. The van der Waals surface area contributed by atoms with E-state index in [-0.39, 0.29) is 68.5 Å². The van der Waals surface area contributed by atoms with Crippen molar-refractivity contribution < 1.29 is 20.8 Å². The van der Waals surface area contributed by atoms with Crippen molar-refractivity contribution in [2.45, 2.75) is 241 Å². The van der Waals surface area contributed by atoms with Crippen LogP contribution in [0.5, 0.6) is 0 Å². The number of anilines is 4. The van der Waals surface area contributed by atoms with Crippen LogP contribution in [0, 0.1) is 0 Å². The van der Waals surface area contributed by atoms with E-state index in [1.54, 1.807) is 20.3 Å². The fraction of sp³-hybridized carbons (Fsp3) is 0.857. The summed E-state index contributed by atoms with van der Waals surface area (Å²) in [6.07, 6.45) is 5.97. The van der Waals surface area contributed by atoms with Gasteiger partial charge in [0.1, 0.15) is 0 Å². The van der Waals surface area contributed by atoms with Crippen molar-refractivity contribution in [3.05, 3.63) is 0 Å². The predicted molar refractivity (Wildman–Crippen MR) is 252 cm³/mol. The summed E-state index contributed by atoms with van der Waals surface area (Å²) in [5, 5.41) is 57.7. The van der Waals surface area contributed by atoms with Crippen LogP contribution in [0.25, 0.3) is 0 Å². The lowest BCUT2D eigenvalue weighted by atomic mass is 9.79. The van der Waals surface area contributed by atoms with Crippen LogP contribution in [-0.2, 0) is 0 Å². The average Bonchev–Trinajstić information content (AvgIpc) is 3.09. The highest BCUT2D eigenvalue weighted by Gasteiger charge is 2.52. The maximum absolute atomic E-state index is 8.82. The minimum Gasteiger partial charge on any atom is -0.351 e. The number of hydrogen-bond acceptors (Lipinski definition) is 16. The van der Waals surface area contributed by atoms with Gasteiger partial charge in [0.15, 0.2) is 0 Å². The Labute approximate surface area is 377 Å². The lowest BCUT2D eigenvalue weighted by Crippen LogP contribution is -2.61. The van der Waals surface area contributed by atoms with Gasteiger partial charge in [-0.25, -0.2) is 0 Å². The van der Waals surface area contributed by atoms with Gasteiger partial charge in [0.2, 0.25) is 34.1 Å². The first-order chi connectivity index (χ1) is 28.2. The zero-order chi connectivity index (χ0) is 46.2. The molecule has 0 atom stereocenters. The van der Waals surface area contributed by atoms with Gasteiger partial charge < -0.3 is 42.1 Å². The summed E-state index contributed by atoms with van der Waals surface area (Å²) < 4.78 is 0. The van der Waals surface area contributed by atoms with Crippen molar-refractivity contribution in [1.29, 1.82) is 0 Å². The summed E-state index contributed by atoms with van der Waals surface area (Å²) >= 11 is 0. The maximum Gasteiger partial charge on any atom is 0.228 e. The van der Waals surface area contributed by atoms with Crippen molar-refractivity contribution >= 4 is 45.4 Å². The third-order valence-corrected chi connectivity index (χ3v) is 15.5. The largest absolute Gasteiger partial charge is 0.351 e. The van der Waals surface area contributed by atoms with E-state index in [9.17, 15) is 0 Å². The summed E-state index contributed by atoms with van der Waals surface area (Å²) in [5.41, 5.74) is -2.84. The van der Waals surface area contributed by atoms with Crippen LogP contribution in [0.3, 0.4) is 0 Å². The van der Waals surface area contributed by atoms with Gasteiger partial charge in [0, 0.05) is 24.2 Å². The summed E-state index contributed by atoms with van der Waals surface area (Å²) in [7, 11) is 2.72. The maximum atomic E-state index is 8.82. The van der Waals surface area contributed by atoms with Crippen LogP contribution >= 0.6 is 21.6 Å². The molecule has 2 aromatic heterocycles. The molecule has 6 rings (SSSR count). The zero-order valence-electron chi connectivity index (χ0n) is 40.3. The minimum absolute atomic E-state index is 0.0336. The highest BCUT2D eigenvalue weighted by atomic mass is 33.1. The number of nitrogens with zero attached hydrogens (tertiary/aromatic N) is 10. The van der Waals surface area contributed by atoms with E-state index >= 15 is 0 Å². The number of aromatic nitrogens is 6. The Morgan fingerprint density at radius 2 is 0.500 bits per heavy atom. The van der Waals surface area contributed by atoms with Crippen molar-refractivity contribution in [3.8, 4) is 0 Å². The van der Waals surface area contributed by atoms with Crippen molar-refractivity contribution in [2.24, 2.45) is 0 Å². The van der Waals surface area contributed by atoms with Crippen LogP contribution in [0.2, 0.25) is 0 Å².